The smallest absolute Gasteiger partial charge is 0.173 e. The predicted octanol–water partition coefficient (Wildman–Crippen LogP) is 3.81. The molecule has 2 aromatic rings. The number of ketones is 1. The van der Waals surface area contributed by atoms with Gasteiger partial charge >= 0.3 is 0 Å². The molecule has 0 saturated heterocycles. The lowest BCUT2D eigenvalue weighted by Crippen LogP contribution is -2.02. The topological polar surface area (TPSA) is 26.3 Å². The first-order valence-electron chi connectivity index (χ1n) is 5.75. The molecule has 0 unspecified atom stereocenters. The van der Waals surface area contributed by atoms with Gasteiger partial charge in [0, 0.05) is 10.5 Å². The first-order chi connectivity index (χ1) is 9.20. The fourth-order valence-electron chi connectivity index (χ4n) is 1.63. The van der Waals surface area contributed by atoms with Crippen molar-refractivity contribution in [3.63, 3.8) is 0 Å². The summed E-state index contributed by atoms with van der Waals surface area (Å²) in [7, 11) is 1.59. The molecule has 0 fully saturated rings. The molecule has 0 spiro atoms. The van der Waals surface area contributed by atoms with E-state index in [1.54, 1.807) is 13.2 Å². The Kier molecular flexibility index (Phi) is 4.58. The maximum atomic E-state index is 13.0. The summed E-state index contributed by atoms with van der Waals surface area (Å²) in [4.78, 5) is 12.8. The van der Waals surface area contributed by atoms with E-state index in [0.717, 1.165) is 10.6 Å². The Morgan fingerprint density at radius 1 is 1.21 bits per heavy atom. The van der Waals surface area contributed by atoms with Gasteiger partial charge in [0.1, 0.15) is 11.6 Å². The zero-order chi connectivity index (χ0) is 13.7. The van der Waals surface area contributed by atoms with Crippen LogP contribution in [0.15, 0.2) is 53.4 Å². The minimum Gasteiger partial charge on any atom is -0.496 e. The molecule has 98 valence electrons. The molecule has 0 aliphatic heterocycles. The van der Waals surface area contributed by atoms with Crippen molar-refractivity contribution in [2.75, 3.05) is 12.9 Å². The minimum absolute atomic E-state index is 0.101. The van der Waals surface area contributed by atoms with Crippen LogP contribution in [0.2, 0.25) is 0 Å². The van der Waals surface area contributed by atoms with E-state index < -0.39 is 5.82 Å². The summed E-state index contributed by atoms with van der Waals surface area (Å²) >= 11 is 1.38. The van der Waals surface area contributed by atoms with Gasteiger partial charge in [-0.25, -0.2) is 4.39 Å². The van der Waals surface area contributed by atoms with Crippen molar-refractivity contribution in [2.24, 2.45) is 0 Å². The summed E-state index contributed by atoms with van der Waals surface area (Å²) in [6.07, 6.45) is 0. The Morgan fingerprint density at radius 2 is 2.00 bits per heavy atom. The number of para-hydroxylation sites is 1. The van der Waals surface area contributed by atoms with Crippen molar-refractivity contribution < 1.29 is 13.9 Å². The van der Waals surface area contributed by atoms with Gasteiger partial charge in [0.25, 0.3) is 0 Å². The van der Waals surface area contributed by atoms with E-state index >= 15 is 0 Å². The number of hydrogen-bond donors (Lipinski definition) is 0. The average molecular weight is 276 g/mol. The Hall–Kier alpha value is -1.81. The third-order valence-corrected chi connectivity index (χ3v) is 3.63. The van der Waals surface area contributed by atoms with Gasteiger partial charge < -0.3 is 4.74 Å². The summed E-state index contributed by atoms with van der Waals surface area (Å²) in [5, 5.41) is 0. The molecule has 0 N–H and O–H groups in total. The largest absolute Gasteiger partial charge is 0.496 e. The van der Waals surface area contributed by atoms with Crippen LogP contribution in [0.1, 0.15) is 10.4 Å². The molecule has 0 bridgehead atoms. The van der Waals surface area contributed by atoms with E-state index in [9.17, 15) is 9.18 Å². The van der Waals surface area contributed by atoms with Crippen molar-refractivity contribution in [2.45, 2.75) is 4.90 Å². The summed E-state index contributed by atoms with van der Waals surface area (Å²) in [5.41, 5.74) is 0.391. The average Bonchev–Trinajstić information content (AvgIpc) is 2.45. The molecular formula is C15H13FO2S. The number of halogens is 1. The molecule has 2 nitrogen and oxygen atoms in total. The maximum absolute atomic E-state index is 13.0. The number of rotatable bonds is 5. The van der Waals surface area contributed by atoms with Gasteiger partial charge in [-0.1, -0.05) is 24.3 Å². The zero-order valence-corrected chi connectivity index (χ0v) is 11.2. The number of carbonyl (C=O) groups excluding carboxylic acids is 1. The fourth-order valence-corrected chi connectivity index (χ4v) is 2.55. The number of Topliss-reactive ketones (excluding diaryl/α,β-unsaturated/α-hetero) is 1. The SMILES string of the molecule is COc1ccccc1SCC(=O)c1cccc(F)c1. The molecule has 2 aromatic carbocycles. The molecule has 0 aromatic heterocycles. The van der Waals surface area contributed by atoms with E-state index in [1.165, 1.54) is 30.0 Å². The van der Waals surface area contributed by atoms with Crippen LogP contribution in [0.25, 0.3) is 0 Å². The van der Waals surface area contributed by atoms with Gasteiger partial charge in [-0.15, -0.1) is 11.8 Å². The number of methoxy groups -OCH3 is 1. The van der Waals surface area contributed by atoms with Crippen LogP contribution in [0.5, 0.6) is 5.75 Å². The number of hydrogen-bond acceptors (Lipinski definition) is 3. The fraction of sp³-hybridized carbons (Fsp3) is 0.133. The first kappa shape index (κ1) is 13.6. The van der Waals surface area contributed by atoms with E-state index in [0.29, 0.717) is 5.56 Å². The lowest BCUT2D eigenvalue weighted by Gasteiger charge is -2.07. The zero-order valence-electron chi connectivity index (χ0n) is 10.4. The second-order valence-corrected chi connectivity index (χ2v) is 4.89. The van der Waals surface area contributed by atoms with Gasteiger partial charge in [-0.3, -0.25) is 4.79 Å². The lowest BCUT2D eigenvalue weighted by molar-refractivity contribution is 0.102. The molecule has 4 heteroatoms. The molecule has 0 aliphatic rings. The van der Waals surface area contributed by atoms with Crippen LogP contribution >= 0.6 is 11.8 Å². The molecular weight excluding hydrogens is 263 g/mol. The third-order valence-electron chi connectivity index (χ3n) is 2.57. The van der Waals surface area contributed by atoms with Crippen molar-refractivity contribution in [3.05, 3.63) is 59.9 Å². The first-order valence-corrected chi connectivity index (χ1v) is 6.74. The summed E-state index contributed by atoms with van der Waals surface area (Å²) in [6, 6.07) is 13.2. The second kappa shape index (κ2) is 6.38. The van der Waals surface area contributed by atoms with Gasteiger partial charge in [-0.05, 0) is 24.3 Å². The molecule has 0 amide bonds. The molecule has 0 saturated carbocycles. The van der Waals surface area contributed by atoms with Crippen LogP contribution in [0.4, 0.5) is 4.39 Å². The van der Waals surface area contributed by atoms with Crippen LogP contribution in [0.3, 0.4) is 0 Å². The summed E-state index contributed by atoms with van der Waals surface area (Å²) < 4.78 is 18.2. The maximum Gasteiger partial charge on any atom is 0.173 e. The van der Waals surface area contributed by atoms with Gasteiger partial charge in [0.2, 0.25) is 0 Å². The number of thioether (sulfide) groups is 1. The van der Waals surface area contributed by atoms with E-state index in [2.05, 4.69) is 0 Å². The molecule has 2 rings (SSSR count). The van der Waals surface area contributed by atoms with E-state index in [4.69, 9.17) is 4.74 Å². The quantitative estimate of drug-likeness (QED) is 0.613. The Balaban J connectivity index is 2.04. The van der Waals surface area contributed by atoms with Crippen LogP contribution in [-0.4, -0.2) is 18.6 Å². The van der Waals surface area contributed by atoms with Gasteiger partial charge in [0.15, 0.2) is 5.78 Å². The second-order valence-electron chi connectivity index (χ2n) is 3.87. The van der Waals surface area contributed by atoms with Gasteiger partial charge in [-0.2, -0.15) is 0 Å². The van der Waals surface area contributed by atoms with Crippen molar-refractivity contribution in [3.8, 4) is 5.75 Å². The highest BCUT2D eigenvalue weighted by molar-refractivity contribution is 8.00. The van der Waals surface area contributed by atoms with E-state index in [-0.39, 0.29) is 11.5 Å². The highest BCUT2D eigenvalue weighted by Crippen LogP contribution is 2.29. The number of carbonyl (C=O) groups is 1. The van der Waals surface area contributed by atoms with Crippen LogP contribution in [0, 0.1) is 5.82 Å². The molecule has 0 radical (unpaired) electrons. The van der Waals surface area contributed by atoms with Crippen molar-refractivity contribution in [1.82, 2.24) is 0 Å². The molecule has 19 heavy (non-hydrogen) atoms. The summed E-state index contributed by atoms with van der Waals surface area (Å²) in [5.74, 6) is 0.493. The minimum atomic E-state index is -0.395. The Bertz CT molecular complexity index is 584. The predicted molar refractivity (Wildman–Crippen MR) is 74.4 cm³/mol. The highest BCUT2D eigenvalue weighted by atomic mass is 32.2. The van der Waals surface area contributed by atoms with Crippen molar-refractivity contribution in [1.29, 1.82) is 0 Å². The summed E-state index contributed by atoms with van der Waals surface area (Å²) in [6.45, 7) is 0. The van der Waals surface area contributed by atoms with E-state index in [1.807, 2.05) is 24.3 Å². The monoisotopic (exact) mass is 276 g/mol. The normalized spacial score (nSPS) is 10.2. The lowest BCUT2D eigenvalue weighted by atomic mass is 10.1. The van der Waals surface area contributed by atoms with Crippen molar-refractivity contribution >= 4 is 17.5 Å². The molecule has 0 atom stereocenters. The van der Waals surface area contributed by atoms with Gasteiger partial charge in [0.05, 0.1) is 12.9 Å². The standard InChI is InChI=1S/C15H13FO2S/c1-18-14-7-2-3-8-15(14)19-10-13(17)11-5-4-6-12(16)9-11/h2-9H,10H2,1H3. The Labute approximate surface area is 115 Å². The highest BCUT2D eigenvalue weighted by Gasteiger charge is 2.09. The molecule has 0 aliphatic carbocycles. The third kappa shape index (κ3) is 3.58. The van der Waals surface area contributed by atoms with Crippen LogP contribution in [-0.2, 0) is 0 Å². The number of ether oxygens (including phenoxy) is 1. The molecule has 0 heterocycles. The number of benzene rings is 2. The Morgan fingerprint density at radius 3 is 2.74 bits per heavy atom. The van der Waals surface area contributed by atoms with Crippen LogP contribution < -0.4 is 4.74 Å².